The molecule has 0 bridgehead atoms. The third-order valence-corrected chi connectivity index (χ3v) is 4.92. The Hall–Kier alpha value is -2.66. The average molecular weight is 338 g/mol. The number of nitrogens with one attached hydrogen (secondary N) is 1. The number of carbonyl (C=O) groups is 1. The minimum atomic E-state index is -0.245. The van der Waals surface area contributed by atoms with Crippen LogP contribution in [-0.4, -0.2) is 10.5 Å². The second kappa shape index (κ2) is 6.84. The van der Waals surface area contributed by atoms with Crippen molar-refractivity contribution >= 4 is 22.9 Å². The maximum Gasteiger partial charge on any atom is 0.308 e. The van der Waals surface area contributed by atoms with E-state index in [1.54, 1.807) is 4.57 Å². The first kappa shape index (κ1) is 16.2. The number of thiazole rings is 1. The lowest BCUT2D eigenvalue weighted by Gasteiger charge is -2.07. The Morgan fingerprint density at radius 1 is 1.04 bits per heavy atom. The predicted octanol–water partition coefficient (Wildman–Crippen LogP) is 3.83. The first-order chi connectivity index (χ1) is 11.5. The second-order valence-electron chi connectivity index (χ2n) is 5.67. The molecule has 24 heavy (non-hydrogen) atoms. The molecule has 0 unspecified atom stereocenters. The second-order valence-corrected chi connectivity index (χ2v) is 6.64. The number of hydrogen-bond donors (Lipinski definition) is 1. The van der Waals surface area contributed by atoms with Crippen molar-refractivity contribution < 1.29 is 4.79 Å². The zero-order valence-corrected chi connectivity index (χ0v) is 14.4. The van der Waals surface area contributed by atoms with Gasteiger partial charge in [-0.3, -0.25) is 14.2 Å². The number of rotatable bonds is 4. The Labute approximate surface area is 144 Å². The average Bonchev–Trinajstić information content (AvgIpc) is 2.86. The third-order valence-electron chi connectivity index (χ3n) is 3.84. The zero-order valence-electron chi connectivity index (χ0n) is 13.6. The summed E-state index contributed by atoms with van der Waals surface area (Å²) in [5.41, 5.74) is 3.58. The van der Waals surface area contributed by atoms with Crippen LogP contribution < -0.4 is 10.2 Å². The monoisotopic (exact) mass is 338 g/mol. The SMILES string of the molecule is Cc1ccc(NC(=O)c2sc(=O)n(Cc3ccccc3)c2C)cc1. The van der Waals surface area contributed by atoms with Crippen LogP contribution in [0.25, 0.3) is 0 Å². The van der Waals surface area contributed by atoms with Crippen LogP contribution >= 0.6 is 11.3 Å². The zero-order chi connectivity index (χ0) is 17.1. The molecule has 0 aliphatic heterocycles. The molecule has 0 saturated carbocycles. The van der Waals surface area contributed by atoms with Crippen molar-refractivity contribution in [1.82, 2.24) is 4.57 Å². The lowest BCUT2D eigenvalue weighted by atomic mass is 10.2. The number of anilines is 1. The largest absolute Gasteiger partial charge is 0.321 e. The van der Waals surface area contributed by atoms with E-state index in [0.29, 0.717) is 17.1 Å². The van der Waals surface area contributed by atoms with E-state index in [1.807, 2.05) is 68.4 Å². The number of carbonyl (C=O) groups excluding carboxylic acids is 1. The summed E-state index contributed by atoms with van der Waals surface area (Å²) in [6.45, 7) is 4.27. The number of amides is 1. The Morgan fingerprint density at radius 2 is 1.71 bits per heavy atom. The standard InChI is InChI=1S/C19H18N2O2S/c1-13-8-10-16(11-9-13)20-18(22)17-14(2)21(19(23)24-17)12-15-6-4-3-5-7-15/h3-11H,12H2,1-2H3,(H,20,22). The molecule has 0 radical (unpaired) electrons. The Bertz CT molecular complexity index is 909. The van der Waals surface area contributed by atoms with Crippen molar-refractivity contribution in [2.75, 3.05) is 5.32 Å². The molecule has 4 nitrogen and oxygen atoms in total. The molecule has 0 aliphatic carbocycles. The van der Waals surface area contributed by atoms with Gasteiger partial charge in [0.05, 0.1) is 6.54 Å². The number of hydrogen-bond acceptors (Lipinski definition) is 3. The van der Waals surface area contributed by atoms with Gasteiger partial charge in [0.2, 0.25) is 0 Å². The Morgan fingerprint density at radius 3 is 2.38 bits per heavy atom. The predicted molar refractivity (Wildman–Crippen MR) is 98.0 cm³/mol. The van der Waals surface area contributed by atoms with Crippen LogP contribution in [0.15, 0.2) is 59.4 Å². The fraction of sp³-hybridized carbons (Fsp3) is 0.158. The van der Waals surface area contributed by atoms with Gasteiger partial charge in [0.25, 0.3) is 5.91 Å². The van der Waals surface area contributed by atoms with Gasteiger partial charge >= 0.3 is 4.87 Å². The van der Waals surface area contributed by atoms with Crippen molar-refractivity contribution in [2.45, 2.75) is 20.4 Å². The topological polar surface area (TPSA) is 51.1 Å². The highest BCUT2D eigenvalue weighted by molar-refractivity contribution is 7.11. The van der Waals surface area contributed by atoms with Crippen molar-refractivity contribution in [2.24, 2.45) is 0 Å². The highest BCUT2D eigenvalue weighted by Crippen LogP contribution is 2.17. The van der Waals surface area contributed by atoms with Gasteiger partial charge < -0.3 is 5.32 Å². The van der Waals surface area contributed by atoms with Gasteiger partial charge in [-0.15, -0.1) is 0 Å². The lowest BCUT2D eigenvalue weighted by Crippen LogP contribution is -2.16. The smallest absolute Gasteiger partial charge is 0.308 e. The molecule has 0 aliphatic rings. The molecular weight excluding hydrogens is 320 g/mol. The highest BCUT2D eigenvalue weighted by Gasteiger charge is 2.18. The van der Waals surface area contributed by atoms with Gasteiger partial charge in [-0.2, -0.15) is 0 Å². The molecule has 0 atom stereocenters. The third kappa shape index (κ3) is 3.46. The van der Waals surface area contributed by atoms with Crippen LogP contribution in [0, 0.1) is 13.8 Å². The van der Waals surface area contributed by atoms with E-state index >= 15 is 0 Å². The summed E-state index contributed by atoms with van der Waals surface area (Å²) in [6.07, 6.45) is 0. The highest BCUT2D eigenvalue weighted by atomic mass is 32.1. The van der Waals surface area contributed by atoms with E-state index in [2.05, 4.69) is 5.32 Å². The van der Waals surface area contributed by atoms with Crippen molar-refractivity contribution in [1.29, 1.82) is 0 Å². The van der Waals surface area contributed by atoms with E-state index in [1.165, 1.54) is 0 Å². The van der Waals surface area contributed by atoms with Gasteiger partial charge in [0.15, 0.2) is 0 Å². The van der Waals surface area contributed by atoms with Gasteiger partial charge in [0, 0.05) is 11.4 Å². The molecule has 122 valence electrons. The molecule has 5 heteroatoms. The van der Waals surface area contributed by atoms with E-state index in [4.69, 9.17) is 0 Å². The molecule has 1 amide bonds. The summed E-state index contributed by atoms with van der Waals surface area (Å²) in [6, 6.07) is 17.3. The number of nitrogens with zero attached hydrogens (tertiary/aromatic N) is 1. The molecule has 0 fully saturated rings. The summed E-state index contributed by atoms with van der Waals surface area (Å²) in [7, 11) is 0. The summed E-state index contributed by atoms with van der Waals surface area (Å²) in [5.74, 6) is -0.245. The van der Waals surface area contributed by atoms with Gasteiger partial charge in [-0.05, 0) is 31.5 Å². The molecule has 3 rings (SSSR count). The van der Waals surface area contributed by atoms with E-state index in [-0.39, 0.29) is 10.8 Å². The first-order valence-electron chi connectivity index (χ1n) is 7.67. The molecule has 0 spiro atoms. The summed E-state index contributed by atoms with van der Waals surface area (Å²) in [4.78, 5) is 25.1. The normalized spacial score (nSPS) is 10.6. The molecule has 1 N–H and O–H groups in total. The fourth-order valence-electron chi connectivity index (χ4n) is 2.46. The van der Waals surface area contributed by atoms with Crippen LogP contribution in [0.5, 0.6) is 0 Å². The summed E-state index contributed by atoms with van der Waals surface area (Å²) >= 11 is 0.986. The number of aryl methyl sites for hydroxylation is 1. The van der Waals surface area contributed by atoms with Gasteiger partial charge in [-0.25, -0.2) is 0 Å². The van der Waals surface area contributed by atoms with Crippen LogP contribution in [0.1, 0.15) is 26.5 Å². The molecule has 1 heterocycles. The van der Waals surface area contributed by atoms with Crippen LogP contribution in [0.2, 0.25) is 0 Å². The molecule has 3 aromatic rings. The molecule has 2 aromatic carbocycles. The maximum atomic E-state index is 12.5. The van der Waals surface area contributed by atoms with Crippen molar-refractivity contribution in [3.63, 3.8) is 0 Å². The van der Waals surface area contributed by atoms with Gasteiger partial charge in [-0.1, -0.05) is 59.4 Å². The van der Waals surface area contributed by atoms with Crippen LogP contribution in [0.4, 0.5) is 5.69 Å². The number of benzene rings is 2. The van der Waals surface area contributed by atoms with Crippen molar-refractivity contribution in [3.8, 4) is 0 Å². The van der Waals surface area contributed by atoms with E-state index in [0.717, 1.165) is 28.2 Å². The Kier molecular flexibility index (Phi) is 4.62. The molecule has 1 aromatic heterocycles. The minimum Gasteiger partial charge on any atom is -0.321 e. The lowest BCUT2D eigenvalue weighted by molar-refractivity contribution is 0.102. The molecular formula is C19H18N2O2S. The quantitative estimate of drug-likeness (QED) is 0.786. The fourth-order valence-corrected chi connectivity index (χ4v) is 3.35. The number of aromatic nitrogens is 1. The van der Waals surface area contributed by atoms with Crippen LogP contribution in [-0.2, 0) is 6.54 Å². The van der Waals surface area contributed by atoms with E-state index < -0.39 is 0 Å². The minimum absolute atomic E-state index is 0.120. The Balaban J connectivity index is 1.84. The maximum absolute atomic E-state index is 12.5. The summed E-state index contributed by atoms with van der Waals surface area (Å²) < 4.78 is 1.64. The summed E-state index contributed by atoms with van der Waals surface area (Å²) in [5, 5.41) is 2.85. The van der Waals surface area contributed by atoms with Crippen molar-refractivity contribution in [3.05, 3.63) is 86.0 Å². The van der Waals surface area contributed by atoms with Crippen LogP contribution in [0.3, 0.4) is 0 Å². The first-order valence-corrected chi connectivity index (χ1v) is 8.48. The van der Waals surface area contributed by atoms with E-state index in [9.17, 15) is 9.59 Å². The van der Waals surface area contributed by atoms with Gasteiger partial charge in [0.1, 0.15) is 4.88 Å². The molecule has 0 saturated heterocycles.